The summed E-state index contributed by atoms with van der Waals surface area (Å²) in [5.74, 6) is 0.341. The van der Waals surface area contributed by atoms with Gasteiger partial charge in [-0.2, -0.15) is 0 Å². The quantitative estimate of drug-likeness (QED) is 0.693. The van der Waals surface area contributed by atoms with Gasteiger partial charge in [0.05, 0.1) is 6.54 Å². The van der Waals surface area contributed by atoms with Crippen LogP contribution in [-0.4, -0.2) is 47.0 Å². The molecule has 1 aliphatic heterocycles. The van der Waals surface area contributed by atoms with Gasteiger partial charge < -0.3 is 9.42 Å². The van der Waals surface area contributed by atoms with Gasteiger partial charge in [-0.25, -0.2) is 4.39 Å². The highest BCUT2D eigenvalue weighted by atomic mass is 19.1. The Morgan fingerprint density at radius 2 is 1.82 bits per heavy atom. The lowest BCUT2D eigenvalue weighted by molar-refractivity contribution is 0.0617. The Kier molecular flexibility index (Phi) is 5.21. The van der Waals surface area contributed by atoms with Gasteiger partial charge in [-0.3, -0.25) is 9.69 Å². The van der Waals surface area contributed by atoms with Crippen LogP contribution in [0.4, 0.5) is 4.39 Å². The molecule has 1 fully saturated rings. The van der Waals surface area contributed by atoms with Crippen molar-refractivity contribution >= 4 is 5.91 Å². The number of hydrogen-bond acceptors (Lipinski definition) is 4. The van der Waals surface area contributed by atoms with E-state index in [1.165, 1.54) is 6.07 Å². The van der Waals surface area contributed by atoms with Crippen LogP contribution >= 0.6 is 0 Å². The van der Waals surface area contributed by atoms with Crippen molar-refractivity contribution in [3.05, 3.63) is 77.3 Å². The lowest BCUT2D eigenvalue weighted by atomic mass is 10.1. The van der Waals surface area contributed by atoms with Crippen LogP contribution in [0.25, 0.3) is 11.3 Å². The van der Waals surface area contributed by atoms with Gasteiger partial charge in [0.25, 0.3) is 5.91 Å². The molecule has 0 radical (unpaired) electrons. The summed E-state index contributed by atoms with van der Waals surface area (Å²) < 4.78 is 19.2. The van der Waals surface area contributed by atoms with Crippen molar-refractivity contribution in [2.75, 3.05) is 26.2 Å². The molecule has 4 rings (SSSR count). The van der Waals surface area contributed by atoms with Gasteiger partial charge >= 0.3 is 0 Å². The minimum Gasteiger partial charge on any atom is -0.359 e. The molecule has 1 aromatic heterocycles. The van der Waals surface area contributed by atoms with Crippen LogP contribution in [0.15, 0.2) is 59.1 Å². The first-order chi connectivity index (χ1) is 13.6. The first-order valence-corrected chi connectivity index (χ1v) is 9.39. The Morgan fingerprint density at radius 3 is 2.54 bits per heavy atom. The number of carbonyl (C=O) groups is 1. The van der Waals surface area contributed by atoms with Gasteiger partial charge in [-0.15, -0.1) is 0 Å². The van der Waals surface area contributed by atoms with E-state index in [9.17, 15) is 9.18 Å². The number of hydrogen-bond donors (Lipinski definition) is 0. The van der Waals surface area contributed by atoms with Crippen molar-refractivity contribution in [2.45, 2.75) is 13.5 Å². The summed E-state index contributed by atoms with van der Waals surface area (Å²) >= 11 is 0. The highest BCUT2D eigenvalue weighted by Crippen LogP contribution is 2.20. The van der Waals surface area contributed by atoms with Gasteiger partial charge in [0.1, 0.15) is 11.5 Å². The molecular weight excluding hydrogens is 357 g/mol. The minimum absolute atomic E-state index is 0.121. The maximum Gasteiger partial charge on any atom is 0.254 e. The Balaban J connectivity index is 1.34. The van der Waals surface area contributed by atoms with E-state index in [-0.39, 0.29) is 11.7 Å². The number of benzene rings is 2. The van der Waals surface area contributed by atoms with Crippen LogP contribution in [-0.2, 0) is 6.54 Å². The fourth-order valence-corrected chi connectivity index (χ4v) is 3.37. The van der Waals surface area contributed by atoms with E-state index in [1.807, 2.05) is 36.4 Å². The lowest BCUT2D eigenvalue weighted by Gasteiger charge is -2.34. The van der Waals surface area contributed by atoms with E-state index >= 15 is 0 Å². The molecule has 2 aromatic carbocycles. The summed E-state index contributed by atoms with van der Waals surface area (Å²) in [5, 5.41) is 4.15. The summed E-state index contributed by atoms with van der Waals surface area (Å²) in [7, 11) is 0. The van der Waals surface area contributed by atoms with Crippen molar-refractivity contribution in [1.82, 2.24) is 15.0 Å². The molecule has 1 saturated heterocycles. The third kappa shape index (κ3) is 3.97. The predicted octanol–water partition coefficient (Wildman–Crippen LogP) is 3.75. The molecule has 144 valence electrons. The topological polar surface area (TPSA) is 49.6 Å². The first-order valence-electron chi connectivity index (χ1n) is 9.39. The molecule has 3 aromatic rings. The lowest BCUT2D eigenvalue weighted by Crippen LogP contribution is -2.48. The molecular formula is C22H22FN3O2. The van der Waals surface area contributed by atoms with Crippen molar-refractivity contribution in [3.63, 3.8) is 0 Å². The number of aromatic nitrogens is 1. The number of aryl methyl sites for hydroxylation is 1. The molecule has 0 aliphatic carbocycles. The molecule has 1 aliphatic rings. The van der Waals surface area contributed by atoms with Crippen LogP contribution in [0, 0.1) is 12.7 Å². The average Bonchev–Trinajstić information content (AvgIpc) is 3.19. The van der Waals surface area contributed by atoms with Crippen molar-refractivity contribution in [1.29, 1.82) is 0 Å². The first kappa shape index (κ1) is 18.4. The summed E-state index contributed by atoms with van der Waals surface area (Å²) in [5.41, 5.74) is 2.80. The highest BCUT2D eigenvalue weighted by Gasteiger charge is 2.23. The third-order valence-electron chi connectivity index (χ3n) is 5.09. The second kappa shape index (κ2) is 7.94. The zero-order chi connectivity index (χ0) is 19.5. The maximum atomic E-state index is 13.7. The Labute approximate surface area is 163 Å². The van der Waals surface area contributed by atoms with E-state index in [0.717, 1.165) is 30.1 Å². The average molecular weight is 379 g/mol. The predicted molar refractivity (Wildman–Crippen MR) is 104 cm³/mol. The van der Waals surface area contributed by atoms with Gasteiger partial charge in [0.2, 0.25) is 0 Å². The molecule has 28 heavy (non-hydrogen) atoms. The number of rotatable bonds is 4. The fraction of sp³-hybridized carbons (Fsp3) is 0.273. The molecule has 0 saturated carbocycles. The molecule has 0 atom stereocenters. The van der Waals surface area contributed by atoms with Gasteiger partial charge in [-0.05, 0) is 24.6 Å². The Bertz CT molecular complexity index is 963. The SMILES string of the molecule is Cc1ccc(C(=O)N2CCN(Cc3cc(-c4ccccc4)no3)CC2)cc1F. The minimum atomic E-state index is -0.343. The summed E-state index contributed by atoms with van der Waals surface area (Å²) in [6.45, 7) is 5.03. The second-order valence-corrected chi connectivity index (χ2v) is 7.08. The number of nitrogens with zero attached hydrogens (tertiary/aromatic N) is 3. The van der Waals surface area contributed by atoms with Crippen LogP contribution in [0.2, 0.25) is 0 Å². The fourth-order valence-electron chi connectivity index (χ4n) is 3.37. The normalized spacial score (nSPS) is 15.0. The maximum absolute atomic E-state index is 13.7. The molecule has 2 heterocycles. The summed E-state index contributed by atoms with van der Waals surface area (Å²) in [6, 6.07) is 16.5. The molecule has 0 unspecified atom stereocenters. The summed E-state index contributed by atoms with van der Waals surface area (Å²) in [6.07, 6.45) is 0. The van der Waals surface area contributed by atoms with Crippen molar-refractivity contribution < 1.29 is 13.7 Å². The largest absolute Gasteiger partial charge is 0.359 e. The number of amides is 1. The molecule has 5 nitrogen and oxygen atoms in total. The van der Waals surface area contributed by atoms with Crippen LogP contribution in [0.5, 0.6) is 0 Å². The zero-order valence-corrected chi connectivity index (χ0v) is 15.8. The van der Waals surface area contributed by atoms with Gasteiger partial charge in [0.15, 0.2) is 5.76 Å². The molecule has 0 spiro atoms. The third-order valence-corrected chi connectivity index (χ3v) is 5.09. The van der Waals surface area contributed by atoms with Crippen LogP contribution in [0.3, 0.4) is 0 Å². The zero-order valence-electron chi connectivity index (χ0n) is 15.8. The van der Waals surface area contributed by atoms with E-state index in [2.05, 4.69) is 10.1 Å². The number of piperazine rings is 1. The van der Waals surface area contributed by atoms with Crippen LogP contribution in [0.1, 0.15) is 21.7 Å². The monoisotopic (exact) mass is 379 g/mol. The Hall–Kier alpha value is -2.99. The Morgan fingerprint density at radius 1 is 1.07 bits per heavy atom. The van der Waals surface area contributed by atoms with Crippen LogP contribution < -0.4 is 0 Å². The smallest absolute Gasteiger partial charge is 0.254 e. The van der Waals surface area contributed by atoms with E-state index in [0.29, 0.717) is 30.8 Å². The molecule has 6 heteroatoms. The highest BCUT2D eigenvalue weighted by molar-refractivity contribution is 5.94. The molecule has 0 N–H and O–H groups in total. The molecule has 1 amide bonds. The van der Waals surface area contributed by atoms with E-state index in [1.54, 1.807) is 24.0 Å². The second-order valence-electron chi connectivity index (χ2n) is 7.08. The number of halogens is 1. The van der Waals surface area contributed by atoms with E-state index < -0.39 is 0 Å². The number of carbonyl (C=O) groups excluding carboxylic acids is 1. The standard InChI is InChI=1S/C22H22FN3O2/c1-16-7-8-18(13-20(16)23)22(27)26-11-9-25(10-12-26)15-19-14-21(24-28-19)17-5-3-2-4-6-17/h2-8,13-14H,9-12,15H2,1H3. The van der Waals surface area contributed by atoms with Gasteiger partial charge in [-0.1, -0.05) is 41.6 Å². The van der Waals surface area contributed by atoms with Gasteiger partial charge in [0, 0.05) is 43.4 Å². The van der Waals surface area contributed by atoms with Crippen molar-refractivity contribution in [2.24, 2.45) is 0 Å². The summed E-state index contributed by atoms with van der Waals surface area (Å²) in [4.78, 5) is 16.6. The molecule has 0 bridgehead atoms. The van der Waals surface area contributed by atoms with E-state index in [4.69, 9.17) is 4.52 Å². The van der Waals surface area contributed by atoms with Crippen molar-refractivity contribution in [3.8, 4) is 11.3 Å².